The molecule has 0 aliphatic heterocycles. The maximum atomic E-state index is 12.1. The van der Waals surface area contributed by atoms with Crippen LogP contribution in [0, 0.1) is 10.1 Å². The van der Waals surface area contributed by atoms with Crippen molar-refractivity contribution in [2.45, 2.75) is 0 Å². The first-order valence-electron chi connectivity index (χ1n) is 6.88. The van der Waals surface area contributed by atoms with Crippen molar-refractivity contribution >= 4 is 17.5 Å². The van der Waals surface area contributed by atoms with Crippen LogP contribution in [0.25, 0.3) is 6.08 Å². The Kier molecular flexibility index (Phi) is 5.16. The minimum Gasteiger partial charge on any atom is -0.502 e. The third-order valence-corrected chi connectivity index (χ3v) is 3.27. The molecule has 0 radical (unpaired) electrons. The van der Waals surface area contributed by atoms with Crippen molar-refractivity contribution in [1.82, 2.24) is 0 Å². The number of carbonyl (C=O) groups excluding carboxylic acids is 1. The molecule has 0 bridgehead atoms. The monoisotopic (exact) mass is 329 g/mol. The minimum absolute atomic E-state index is 0.137. The Labute approximate surface area is 137 Å². The first kappa shape index (κ1) is 17.0. The van der Waals surface area contributed by atoms with E-state index in [4.69, 9.17) is 9.47 Å². The van der Waals surface area contributed by atoms with Gasteiger partial charge in [-0.05, 0) is 23.8 Å². The van der Waals surface area contributed by atoms with E-state index in [-0.39, 0.29) is 34.3 Å². The van der Waals surface area contributed by atoms with Crippen LogP contribution in [0.3, 0.4) is 0 Å². The van der Waals surface area contributed by atoms with Gasteiger partial charge in [-0.3, -0.25) is 14.9 Å². The highest BCUT2D eigenvalue weighted by Crippen LogP contribution is 2.37. The Hall–Kier alpha value is -3.35. The van der Waals surface area contributed by atoms with Gasteiger partial charge in [0.05, 0.1) is 19.1 Å². The SMILES string of the molecule is COc1cc(/C=C/C(=O)c2cccc([N+](=O)[O-])c2)cc(OC)c1O. The molecule has 0 saturated heterocycles. The molecule has 0 spiro atoms. The smallest absolute Gasteiger partial charge is 0.270 e. The standard InChI is InChI=1S/C17H15NO6/c1-23-15-8-11(9-16(24-2)17(15)20)6-7-14(19)12-4-3-5-13(10-12)18(21)22/h3-10,20H,1-2H3/b7-6+. The number of rotatable bonds is 6. The average molecular weight is 329 g/mol. The number of aromatic hydroxyl groups is 1. The quantitative estimate of drug-likeness (QED) is 0.378. The first-order chi connectivity index (χ1) is 11.5. The highest BCUT2D eigenvalue weighted by molar-refractivity contribution is 6.07. The molecule has 124 valence electrons. The van der Waals surface area contributed by atoms with E-state index in [1.54, 1.807) is 0 Å². The van der Waals surface area contributed by atoms with Crippen LogP contribution < -0.4 is 9.47 Å². The van der Waals surface area contributed by atoms with Crippen molar-refractivity contribution in [2.75, 3.05) is 14.2 Å². The number of benzene rings is 2. The molecule has 0 aromatic heterocycles. The van der Waals surface area contributed by atoms with Gasteiger partial charge in [0.1, 0.15) is 0 Å². The maximum Gasteiger partial charge on any atom is 0.270 e. The Morgan fingerprint density at radius 1 is 1.17 bits per heavy atom. The molecule has 2 aromatic carbocycles. The summed E-state index contributed by atoms with van der Waals surface area (Å²) < 4.78 is 10.1. The number of ketones is 1. The van der Waals surface area contributed by atoms with Crippen LogP contribution in [0.5, 0.6) is 17.2 Å². The van der Waals surface area contributed by atoms with Gasteiger partial charge in [0.2, 0.25) is 5.75 Å². The number of ether oxygens (including phenoxy) is 2. The van der Waals surface area contributed by atoms with Gasteiger partial charge in [-0.1, -0.05) is 18.2 Å². The Balaban J connectivity index is 2.29. The maximum absolute atomic E-state index is 12.1. The predicted molar refractivity (Wildman–Crippen MR) is 87.7 cm³/mol. The van der Waals surface area contributed by atoms with Gasteiger partial charge in [-0.25, -0.2) is 0 Å². The number of nitro benzene ring substituents is 1. The van der Waals surface area contributed by atoms with Gasteiger partial charge >= 0.3 is 0 Å². The van der Waals surface area contributed by atoms with Crippen molar-refractivity contribution in [3.8, 4) is 17.2 Å². The molecule has 7 heteroatoms. The van der Waals surface area contributed by atoms with Crippen LogP contribution in [0.1, 0.15) is 15.9 Å². The topological polar surface area (TPSA) is 98.9 Å². The molecule has 0 amide bonds. The molecule has 2 rings (SSSR count). The van der Waals surface area contributed by atoms with Gasteiger partial charge < -0.3 is 14.6 Å². The molecule has 2 aromatic rings. The molecular weight excluding hydrogens is 314 g/mol. The van der Waals surface area contributed by atoms with E-state index in [2.05, 4.69) is 0 Å². The number of hydrogen-bond acceptors (Lipinski definition) is 6. The van der Waals surface area contributed by atoms with E-state index in [1.165, 1.54) is 62.8 Å². The Morgan fingerprint density at radius 2 is 1.79 bits per heavy atom. The summed E-state index contributed by atoms with van der Waals surface area (Å²) in [6.45, 7) is 0. The van der Waals surface area contributed by atoms with Gasteiger partial charge in [0.25, 0.3) is 5.69 Å². The molecule has 0 saturated carbocycles. The Morgan fingerprint density at radius 3 is 2.33 bits per heavy atom. The van der Waals surface area contributed by atoms with Gasteiger partial charge in [-0.2, -0.15) is 0 Å². The minimum atomic E-state index is -0.559. The zero-order valence-corrected chi connectivity index (χ0v) is 13.1. The third kappa shape index (κ3) is 3.70. The molecular formula is C17H15NO6. The van der Waals surface area contributed by atoms with E-state index >= 15 is 0 Å². The zero-order chi connectivity index (χ0) is 17.7. The summed E-state index contributed by atoms with van der Waals surface area (Å²) in [6.07, 6.45) is 2.79. The number of phenols is 1. The molecule has 0 atom stereocenters. The van der Waals surface area contributed by atoms with Crippen molar-refractivity contribution in [1.29, 1.82) is 0 Å². The number of carbonyl (C=O) groups is 1. The van der Waals surface area contributed by atoms with E-state index < -0.39 is 4.92 Å². The summed E-state index contributed by atoms with van der Waals surface area (Å²) in [6, 6.07) is 8.55. The molecule has 24 heavy (non-hydrogen) atoms. The van der Waals surface area contributed by atoms with Crippen molar-refractivity contribution in [2.24, 2.45) is 0 Å². The van der Waals surface area contributed by atoms with E-state index in [1.807, 2.05) is 0 Å². The van der Waals surface area contributed by atoms with E-state index in [0.717, 1.165) is 0 Å². The summed E-state index contributed by atoms with van der Waals surface area (Å²) in [5.41, 5.74) is 0.626. The number of nitrogens with zero attached hydrogens (tertiary/aromatic N) is 1. The summed E-state index contributed by atoms with van der Waals surface area (Å²) in [4.78, 5) is 22.3. The molecule has 7 nitrogen and oxygen atoms in total. The predicted octanol–water partition coefficient (Wildman–Crippen LogP) is 3.21. The molecule has 1 N–H and O–H groups in total. The highest BCUT2D eigenvalue weighted by atomic mass is 16.6. The lowest BCUT2D eigenvalue weighted by Gasteiger charge is -2.09. The zero-order valence-electron chi connectivity index (χ0n) is 13.1. The lowest BCUT2D eigenvalue weighted by molar-refractivity contribution is -0.384. The summed E-state index contributed by atoms with van der Waals surface area (Å²) in [5, 5.41) is 20.6. The first-order valence-corrected chi connectivity index (χ1v) is 6.88. The van der Waals surface area contributed by atoms with Crippen LogP contribution in [-0.2, 0) is 0 Å². The van der Waals surface area contributed by atoms with Gasteiger partial charge in [0.15, 0.2) is 17.3 Å². The van der Waals surface area contributed by atoms with Crippen molar-refractivity contribution in [3.63, 3.8) is 0 Å². The van der Waals surface area contributed by atoms with Gasteiger partial charge in [0, 0.05) is 17.7 Å². The lowest BCUT2D eigenvalue weighted by Crippen LogP contribution is -1.96. The number of allylic oxidation sites excluding steroid dienone is 1. The van der Waals surface area contributed by atoms with Crippen LogP contribution >= 0.6 is 0 Å². The fourth-order valence-corrected chi connectivity index (χ4v) is 2.05. The third-order valence-electron chi connectivity index (χ3n) is 3.27. The van der Waals surface area contributed by atoms with Crippen LogP contribution in [-0.4, -0.2) is 30.0 Å². The summed E-state index contributed by atoms with van der Waals surface area (Å²) in [7, 11) is 2.80. The fourth-order valence-electron chi connectivity index (χ4n) is 2.05. The lowest BCUT2D eigenvalue weighted by atomic mass is 10.1. The highest BCUT2D eigenvalue weighted by Gasteiger charge is 2.11. The average Bonchev–Trinajstić information content (AvgIpc) is 2.60. The van der Waals surface area contributed by atoms with Crippen LogP contribution in [0.2, 0.25) is 0 Å². The van der Waals surface area contributed by atoms with Crippen molar-refractivity contribution < 1.29 is 24.3 Å². The molecule has 0 heterocycles. The molecule has 0 unspecified atom stereocenters. The number of nitro groups is 1. The second-order valence-electron chi connectivity index (χ2n) is 4.78. The van der Waals surface area contributed by atoms with Crippen LogP contribution in [0.15, 0.2) is 42.5 Å². The van der Waals surface area contributed by atoms with E-state index in [9.17, 15) is 20.0 Å². The Bertz CT molecular complexity index is 787. The normalized spacial score (nSPS) is 10.6. The largest absolute Gasteiger partial charge is 0.502 e. The fraction of sp³-hybridized carbons (Fsp3) is 0.118. The number of phenolic OH excluding ortho intramolecular Hbond substituents is 1. The molecule has 0 fully saturated rings. The second-order valence-corrected chi connectivity index (χ2v) is 4.78. The van der Waals surface area contributed by atoms with Crippen LogP contribution in [0.4, 0.5) is 5.69 Å². The second kappa shape index (κ2) is 7.28. The summed E-state index contributed by atoms with van der Waals surface area (Å²) in [5.74, 6) is -0.111. The number of non-ortho nitro benzene ring substituents is 1. The number of methoxy groups -OCH3 is 2. The molecule has 0 aliphatic rings. The summed E-state index contributed by atoms with van der Waals surface area (Å²) >= 11 is 0. The van der Waals surface area contributed by atoms with Crippen molar-refractivity contribution in [3.05, 3.63) is 63.7 Å². The van der Waals surface area contributed by atoms with E-state index in [0.29, 0.717) is 5.56 Å². The van der Waals surface area contributed by atoms with Gasteiger partial charge in [-0.15, -0.1) is 0 Å². The number of hydrogen-bond donors (Lipinski definition) is 1. The molecule has 0 aliphatic carbocycles.